The number of fused-ring (bicyclic) bond motifs is 1. The van der Waals surface area contributed by atoms with Gasteiger partial charge < -0.3 is 36.9 Å². The Morgan fingerprint density at radius 2 is 1.82 bits per heavy atom. The Balaban J connectivity index is 1.73. The minimum Gasteiger partial charge on any atom is -0.481 e. The predicted molar refractivity (Wildman–Crippen MR) is 140 cm³/mol. The van der Waals surface area contributed by atoms with Gasteiger partial charge in [0, 0.05) is 24.0 Å². The molecule has 39 heavy (non-hydrogen) atoms. The quantitative estimate of drug-likeness (QED) is 0.182. The number of ether oxygens (including phenoxy) is 1. The highest BCUT2D eigenvalue weighted by atomic mass is 32.2. The van der Waals surface area contributed by atoms with Crippen LogP contribution in [-0.2, 0) is 35.1 Å². The van der Waals surface area contributed by atoms with Crippen molar-refractivity contribution in [3.05, 3.63) is 36.0 Å². The van der Waals surface area contributed by atoms with Gasteiger partial charge in [-0.25, -0.2) is 4.79 Å². The van der Waals surface area contributed by atoms with Crippen LogP contribution in [0.25, 0.3) is 10.9 Å². The highest BCUT2D eigenvalue weighted by molar-refractivity contribution is 7.98. The van der Waals surface area contributed by atoms with Crippen molar-refractivity contribution in [2.75, 3.05) is 12.0 Å². The van der Waals surface area contributed by atoms with Crippen molar-refractivity contribution < 1.29 is 38.6 Å². The molecule has 5 amide bonds. The Labute approximate surface area is 227 Å². The first-order valence-corrected chi connectivity index (χ1v) is 13.3. The van der Waals surface area contributed by atoms with E-state index in [0.29, 0.717) is 10.7 Å². The monoisotopic (exact) mass is 562 g/mol. The van der Waals surface area contributed by atoms with Crippen molar-refractivity contribution in [1.29, 1.82) is 0 Å². The summed E-state index contributed by atoms with van der Waals surface area (Å²) in [5, 5.41) is 15.0. The molecule has 0 aliphatic carbocycles. The van der Waals surface area contributed by atoms with Gasteiger partial charge in [0.15, 0.2) is 0 Å². The number of amides is 5. The minimum absolute atomic E-state index is 0.136. The van der Waals surface area contributed by atoms with Crippen LogP contribution in [0.2, 0.25) is 0 Å². The van der Waals surface area contributed by atoms with Gasteiger partial charge in [-0.3, -0.25) is 24.0 Å². The molecule has 0 saturated carbocycles. The zero-order valence-corrected chi connectivity index (χ0v) is 22.1. The average molecular weight is 563 g/mol. The molecule has 0 bridgehead atoms. The van der Waals surface area contributed by atoms with Gasteiger partial charge in [0.05, 0.1) is 12.5 Å². The number of hydrogen-bond acceptors (Lipinski definition) is 9. The molecule has 2 aromatic rings. The highest BCUT2D eigenvalue weighted by Gasteiger charge is 2.59. The number of carboxylic acid groups (broad SMARTS) is 1. The van der Waals surface area contributed by atoms with Gasteiger partial charge >= 0.3 is 12.1 Å². The molecule has 1 aromatic carbocycles. The third-order valence-electron chi connectivity index (χ3n) is 6.26. The van der Waals surface area contributed by atoms with Gasteiger partial charge in [-0.1, -0.05) is 18.2 Å². The number of thioether (sulfide) groups is 1. The van der Waals surface area contributed by atoms with Crippen LogP contribution in [-0.4, -0.2) is 86.5 Å². The number of hydrogen-bond donors (Lipinski definition) is 6. The van der Waals surface area contributed by atoms with E-state index in [1.807, 2.05) is 24.3 Å². The Bertz CT molecular complexity index is 1300. The van der Waals surface area contributed by atoms with E-state index in [-0.39, 0.29) is 12.8 Å². The van der Waals surface area contributed by atoms with Crippen LogP contribution in [0.3, 0.4) is 0 Å². The van der Waals surface area contributed by atoms with Crippen molar-refractivity contribution >= 4 is 58.4 Å². The lowest BCUT2D eigenvalue weighted by Crippen LogP contribution is -2.73. The molecule has 1 saturated heterocycles. The summed E-state index contributed by atoms with van der Waals surface area (Å²) >= 11 is 1.40. The van der Waals surface area contributed by atoms with Crippen LogP contribution >= 0.6 is 11.8 Å². The van der Waals surface area contributed by atoms with Gasteiger partial charge in [-0.2, -0.15) is 16.7 Å². The number of benzene rings is 1. The predicted octanol–water partition coefficient (Wildman–Crippen LogP) is -0.585. The maximum atomic E-state index is 13.1. The first-order chi connectivity index (χ1) is 18.4. The first kappa shape index (κ1) is 29.4. The van der Waals surface area contributed by atoms with E-state index < -0.39 is 66.0 Å². The topological polar surface area (TPSA) is 227 Å². The molecule has 0 unspecified atom stereocenters. The number of carboxylic acids is 1. The average Bonchev–Trinajstić information content (AvgIpc) is 3.27. The number of rotatable bonds is 13. The summed E-state index contributed by atoms with van der Waals surface area (Å²) in [4.78, 5) is 77.6. The fourth-order valence-corrected chi connectivity index (χ4v) is 4.54. The number of H-pyrrole nitrogens is 1. The number of imide groups is 1. The van der Waals surface area contributed by atoms with Crippen LogP contribution in [0.1, 0.15) is 25.3 Å². The zero-order valence-electron chi connectivity index (χ0n) is 21.3. The number of primary amides is 1. The largest absolute Gasteiger partial charge is 0.481 e. The number of para-hydroxylation sites is 1. The molecular formula is C24H30N6O8S. The van der Waals surface area contributed by atoms with Gasteiger partial charge in [0.1, 0.15) is 12.1 Å². The molecule has 8 N–H and O–H groups in total. The standard InChI is InChI=1S/C24H30N6O8S/c1-24(22(26)36)30(23(37)38-24)21(35)17(10-18(31)32)29-20(34)16(7-8-39-2)28-19(33)14(25)9-12-11-27-15-6-4-3-5-13(12)15/h3-6,11,14,16-17,27H,7-10,25H2,1-2H3,(H2,26,36)(H,28,33)(H,29,34)(H,31,32)/t14-,16-,17-,24-/m0/s1. The number of cyclic esters (lactones) is 1. The summed E-state index contributed by atoms with van der Waals surface area (Å²) in [5.41, 5.74) is 10.9. The van der Waals surface area contributed by atoms with Crippen LogP contribution < -0.4 is 22.1 Å². The van der Waals surface area contributed by atoms with Gasteiger partial charge in [0.25, 0.3) is 17.5 Å². The Morgan fingerprint density at radius 1 is 1.15 bits per heavy atom. The van der Waals surface area contributed by atoms with E-state index >= 15 is 0 Å². The van der Waals surface area contributed by atoms with Crippen LogP contribution in [0.15, 0.2) is 30.5 Å². The summed E-state index contributed by atoms with van der Waals surface area (Å²) in [5.74, 6) is -4.89. The van der Waals surface area contributed by atoms with Crippen LogP contribution in [0, 0.1) is 0 Å². The third kappa shape index (κ3) is 6.49. The molecule has 4 atom stereocenters. The van der Waals surface area contributed by atoms with Crippen molar-refractivity contribution in [3.8, 4) is 0 Å². The second-order valence-electron chi connectivity index (χ2n) is 9.06. The first-order valence-electron chi connectivity index (χ1n) is 11.9. The van der Waals surface area contributed by atoms with E-state index in [2.05, 4.69) is 20.4 Å². The lowest BCUT2D eigenvalue weighted by atomic mass is 10.0. The van der Waals surface area contributed by atoms with Crippen LogP contribution in [0.5, 0.6) is 0 Å². The molecule has 3 rings (SSSR count). The molecule has 0 radical (unpaired) electrons. The molecule has 1 aromatic heterocycles. The van der Waals surface area contributed by atoms with Crippen molar-refractivity contribution in [3.63, 3.8) is 0 Å². The van der Waals surface area contributed by atoms with E-state index in [1.54, 1.807) is 12.5 Å². The summed E-state index contributed by atoms with van der Waals surface area (Å²) in [6.07, 6.45) is 1.72. The summed E-state index contributed by atoms with van der Waals surface area (Å²) in [7, 11) is 0. The second kappa shape index (κ2) is 12.2. The number of aromatic amines is 1. The Hall–Kier alpha value is -4.11. The number of aliphatic carboxylic acids is 1. The SMILES string of the molecule is CSCC[C@H](NC(=O)[C@@H](N)Cc1c[nH]c2ccccc12)C(=O)N[C@@H](CC(=O)O)C(=O)N1C(=O)O[C@@]1(C)C(N)=O. The minimum atomic E-state index is -2.13. The lowest BCUT2D eigenvalue weighted by molar-refractivity contribution is -0.195. The fraction of sp³-hybridized carbons (Fsp3) is 0.417. The lowest BCUT2D eigenvalue weighted by Gasteiger charge is -2.45. The zero-order chi connectivity index (χ0) is 28.9. The summed E-state index contributed by atoms with van der Waals surface area (Å²) < 4.78 is 4.69. The molecule has 1 fully saturated rings. The fourth-order valence-electron chi connectivity index (χ4n) is 4.07. The highest BCUT2D eigenvalue weighted by Crippen LogP contribution is 2.30. The Kier molecular flexibility index (Phi) is 9.19. The summed E-state index contributed by atoms with van der Waals surface area (Å²) in [6, 6.07) is 3.55. The normalized spacial score (nSPS) is 18.8. The number of aromatic nitrogens is 1. The molecule has 2 heterocycles. The molecule has 14 nitrogen and oxygen atoms in total. The number of nitrogens with one attached hydrogen (secondary N) is 3. The molecule has 1 aliphatic heterocycles. The number of carbonyl (C=O) groups excluding carboxylic acids is 5. The van der Waals surface area contributed by atoms with Crippen molar-refractivity contribution in [2.24, 2.45) is 11.5 Å². The smallest absolute Gasteiger partial charge is 0.422 e. The number of carbonyl (C=O) groups is 6. The van der Waals surface area contributed by atoms with E-state index in [4.69, 9.17) is 11.5 Å². The van der Waals surface area contributed by atoms with Crippen molar-refractivity contribution in [2.45, 2.75) is 50.0 Å². The molecule has 0 spiro atoms. The van der Waals surface area contributed by atoms with E-state index in [1.165, 1.54) is 11.8 Å². The molecular weight excluding hydrogens is 532 g/mol. The van der Waals surface area contributed by atoms with E-state index in [9.17, 15) is 33.9 Å². The van der Waals surface area contributed by atoms with Gasteiger partial charge in [-0.05, 0) is 36.5 Å². The maximum absolute atomic E-state index is 13.1. The number of nitrogens with two attached hydrogens (primary N) is 2. The molecule has 15 heteroatoms. The van der Waals surface area contributed by atoms with Crippen LogP contribution in [0.4, 0.5) is 4.79 Å². The number of nitrogens with zero attached hydrogens (tertiary/aromatic N) is 1. The third-order valence-corrected chi connectivity index (χ3v) is 6.91. The summed E-state index contributed by atoms with van der Waals surface area (Å²) in [6.45, 7) is 1.06. The van der Waals surface area contributed by atoms with Gasteiger partial charge in [0.2, 0.25) is 11.8 Å². The molecule has 1 aliphatic rings. The Morgan fingerprint density at radius 3 is 2.44 bits per heavy atom. The van der Waals surface area contributed by atoms with Crippen molar-refractivity contribution in [1.82, 2.24) is 20.5 Å². The van der Waals surface area contributed by atoms with E-state index in [0.717, 1.165) is 23.4 Å². The second-order valence-corrected chi connectivity index (χ2v) is 10.0. The maximum Gasteiger partial charge on any atom is 0.422 e. The molecule has 210 valence electrons. The van der Waals surface area contributed by atoms with Gasteiger partial charge in [-0.15, -0.1) is 0 Å².